The maximum absolute atomic E-state index is 13.8. The number of hydrogen-bond acceptors (Lipinski definition) is 8. The average Bonchev–Trinajstić information content (AvgIpc) is 3.44. The third kappa shape index (κ3) is 7.32. The topological polar surface area (TPSA) is 121 Å². The average molecular weight is 624 g/mol. The van der Waals surface area contributed by atoms with Crippen LogP contribution in [0.15, 0.2) is 83.8 Å². The molecule has 1 heterocycles. The Morgan fingerprint density at radius 2 is 1.51 bits per heavy atom. The molecular weight excluding hydrogens is 590 g/mol. The van der Waals surface area contributed by atoms with Gasteiger partial charge in [-0.2, -0.15) is 4.31 Å². The van der Waals surface area contributed by atoms with E-state index < -0.39 is 39.1 Å². The molecule has 3 aromatic carbocycles. The van der Waals surface area contributed by atoms with Gasteiger partial charge in [0.15, 0.2) is 5.12 Å². The number of rotatable bonds is 9. The van der Waals surface area contributed by atoms with Gasteiger partial charge in [0, 0.05) is 38.5 Å². The van der Waals surface area contributed by atoms with E-state index in [2.05, 4.69) is 0 Å². The van der Waals surface area contributed by atoms with Crippen LogP contribution < -0.4 is 4.90 Å². The van der Waals surface area contributed by atoms with Crippen molar-refractivity contribution in [2.75, 3.05) is 39.2 Å². The van der Waals surface area contributed by atoms with E-state index >= 15 is 0 Å². The standard InChI is InChI=1S/C31H33N3O7S2/c1-21(35)42-26-18-28(30(37)32(2)20-29(36)33(3)25-14-10-24(11-15-25)31(38)41-4)34(19-26)43(39,40)27-16-12-23(13-17-27)22-8-6-5-7-9-22/h5-17,26,28H,18-20H2,1-4H3. The molecule has 0 spiro atoms. The predicted molar refractivity (Wildman–Crippen MR) is 165 cm³/mol. The van der Waals surface area contributed by atoms with Crippen molar-refractivity contribution in [2.45, 2.75) is 29.5 Å². The van der Waals surface area contributed by atoms with Crippen molar-refractivity contribution < 1.29 is 32.3 Å². The molecule has 4 rings (SSSR count). The highest BCUT2D eigenvalue weighted by molar-refractivity contribution is 8.14. The minimum absolute atomic E-state index is 0.0162. The molecule has 1 aliphatic heterocycles. The number of benzene rings is 3. The van der Waals surface area contributed by atoms with Crippen LogP contribution in [0.3, 0.4) is 0 Å². The van der Waals surface area contributed by atoms with Crippen molar-refractivity contribution >= 4 is 50.4 Å². The SMILES string of the molecule is COC(=O)c1ccc(N(C)C(=O)CN(C)C(=O)C2CC(SC(C)=O)CN2S(=O)(=O)c2ccc(-c3ccccc3)cc2)cc1. The number of carbonyl (C=O) groups excluding carboxylic acids is 4. The quantitative estimate of drug-likeness (QED) is 0.331. The fraction of sp³-hybridized carbons (Fsp3) is 0.290. The first kappa shape index (κ1) is 31.9. The summed E-state index contributed by atoms with van der Waals surface area (Å²) in [5, 5.41) is -0.587. The predicted octanol–water partition coefficient (Wildman–Crippen LogP) is 3.67. The molecule has 10 nitrogen and oxygen atoms in total. The van der Waals surface area contributed by atoms with Crippen molar-refractivity contribution in [2.24, 2.45) is 0 Å². The number of methoxy groups -OCH3 is 1. The highest BCUT2D eigenvalue weighted by Crippen LogP contribution is 2.34. The van der Waals surface area contributed by atoms with E-state index in [0.29, 0.717) is 11.3 Å². The Morgan fingerprint density at radius 3 is 2.09 bits per heavy atom. The number of carbonyl (C=O) groups is 4. The summed E-state index contributed by atoms with van der Waals surface area (Å²) in [7, 11) is 0.153. The molecule has 0 bridgehead atoms. The van der Waals surface area contributed by atoms with Gasteiger partial charge in [-0.3, -0.25) is 14.4 Å². The van der Waals surface area contributed by atoms with Crippen molar-refractivity contribution in [3.8, 4) is 11.1 Å². The minimum Gasteiger partial charge on any atom is -0.465 e. The van der Waals surface area contributed by atoms with Gasteiger partial charge in [-0.1, -0.05) is 54.2 Å². The Kier molecular flexibility index (Phi) is 10.0. The summed E-state index contributed by atoms with van der Waals surface area (Å²) >= 11 is 1.01. The second-order valence-corrected chi connectivity index (χ2v) is 13.5. The Bertz CT molecular complexity index is 1590. The molecule has 2 amide bonds. The number of nitrogens with zero attached hydrogens (tertiary/aromatic N) is 3. The first-order chi connectivity index (χ1) is 20.4. The molecule has 1 aliphatic rings. The fourth-order valence-electron chi connectivity index (χ4n) is 4.89. The second-order valence-electron chi connectivity index (χ2n) is 10.1. The summed E-state index contributed by atoms with van der Waals surface area (Å²) in [5.41, 5.74) is 2.62. The van der Waals surface area contributed by atoms with Gasteiger partial charge in [0.2, 0.25) is 21.8 Å². The largest absolute Gasteiger partial charge is 0.465 e. The second kappa shape index (κ2) is 13.5. The molecule has 1 fully saturated rings. The maximum Gasteiger partial charge on any atom is 0.337 e. The van der Waals surface area contributed by atoms with Crippen LogP contribution in [0.2, 0.25) is 0 Å². The van der Waals surface area contributed by atoms with Gasteiger partial charge in [-0.15, -0.1) is 0 Å². The van der Waals surface area contributed by atoms with E-state index in [1.807, 2.05) is 30.3 Å². The lowest BCUT2D eigenvalue weighted by Gasteiger charge is -2.28. The molecule has 0 radical (unpaired) electrons. The molecule has 2 unspecified atom stereocenters. The van der Waals surface area contributed by atoms with Gasteiger partial charge in [0.25, 0.3) is 0 Å². The molecule has 43 heavy (non-hydrogen) atoms. The zero-order valence-electron chi connectivity index (χ0n) is 24.3. The Hall–Kier alpha value is -4.00. The lowest BCUT2D eigenvalue weighted by atomic mass is 10.1. The third-order valence-corrected chi connectivity index (χ3v) is 10.1. The number of esters is 1. The number of thioether (sulfide) groups is 1. The lowest BCUT2D eigenvalue weighted by Crippen LogP contribution is -2.49. The number of ether oxygens (including phenoxy) is 1. The molecular formula is C31H33N3O7S2. The van der Waals surface area contributed by atoms with Crippen molar-refractivity contribution in [3.05, 3.63) is 84.4 Å². The number of hydrogen-bond donors (Lipinski definition) is 0. The summed E-state index contributed by atoms with van der Waals surface area (Å²) in [5.74, 6) is -1.46. The number of anilines is 1. The zero-order valence-corrected chi connectivity index (χ0v) is 25.9. The van der Waals surface area contributed by atoms with E-state index in [1.165, 1.54) is 55.1 Å². The maximum atomic E-state index is 13.8. The molecule has 0 aromatic heterocycles. The van der Waals surface area contributed by atoms with Crippen LogP contribution >= 0.6 is 11.8 Å². The Balaban J connectivity index is 1.52. The van der Waals surface area contributed by atoms with Crippen LogP contribution in [0.25, 0.3) is 11.1 Å². The van der Waals surface area contributed by atoms with Gasteiger partial charge >= 0.3 is 5.97 Å². The van der Waals surface area contributed by atoms with Gasteiger partial charge in [-0.05, 0) is 53.9 Å². The first-order valence-corrected chi connectivity index (χ1v) is 15.8. The van der Waals surface area contributed by atoms with Crippen LogP contribution in [0.4, 0.5) is 5.69 Å². The van der Waals surface area contributed by atoms with Gasteiger partial charge in [0.1, 0.15) is 6.04 Å². The molecule has 2 atom stereocenters. The number of likely N-dealkylation sites (N-methyl/N-ethyl adjacent to an activating group) is 2. The Labute approximate surface area is 255 Å². The summed E-state index contributed by atoms with van der Waals surface area (Å²) in [6, 6.07) is 21.1. The molecule has 1 saturated heterocycles. The fourth-order valence-corrected chi connectivity index (χ4v) is 7.60. The lowest BCUT2D eigenvalue weighted by molar-refractivity contribution is -0.136. The minimum atomic E-state index is -4.11. The van der Waals surface area contributed by atoms with Crippen molar-refractivity contribution in [1.82, 2.24) is 9.21 Å². The smallest absolute Gasteiger partial charge is 0.337 e. The van der Waals surface area contributed by atoms with Crippen LogP contribution in [-0.4, -0.2) is 86.1 Å². The normalized spacial score (nSPS) is 16.8. The summed E-state index contributed by atoms with van der Waals surface area (Å²) < 4.78 is 33.5. The molecule has 3 aromatic rings. The molecule has 226 valence electrons. The summed E-state index contributed by atoms with van der Waals surface area (Å²) in [6.45, 7) is 1.08. The summed E-state index contributed by atoms with van der Waals surface area (Å²) in [4.78, 5) is 52.9. The monoisotopic (exact) mass is 623 g/mol. The van der Waals surface area contributed by atoms with Crippen LogP contribution in [-0.2, 0) is 29.1 Å². The van der Waals surface area contributed by atoms with E-state index in [-0.39, 0.29) is 29.5 Å². The van der Waals surface area contributed by atoms with Crippen LogP contribution in [0, 0.1) is 0 Å². The highest BCUT2D eigenvalue weighted by Gasteiger charge is 2.45. The molecule has 0 saturated carbocycles. The van der Waals surface area contributed by atoms with Crippen LogP contribution in [0.5, 0.6) is 0 Å². The third-order valence-electron chi connectivity index (χ3n) is 7.20. The van der Waals surface area contributed by atoms with Crippen molar-refractivity contribution in [3.63, 3.8) is 0 Å². The number of sulfonamides is 1. The van der Waals surface area contributed by atoms with Gasteiger partial charge in [-0.25, -0.2) is 13.2 Å². The van der Waals surface area contributed by atoms with Gasteiger partial charge < -0.3 is 14.5 Å². The zero-order chi connectivity index (χ0) is 31.3. The van der Waals surface area contributed by atoms with Crippen LogP contribution in [0.1, 0.15) is 23.7 Å². The Morgan fingerprint density at radius 1 is 0.907 bits per heavy atom. The van der Waals surface area contributed by atoms with E-state index in [4.69, 9.17) is 4.74 Å². The highest BCUT2D eigenvalue weighted by atomic mass is 32.2. The van der Waals surface area contributed by atoms with E-state index in [0.717, 1.165) is 27.2 Å². The molecule has 0 aliphatic carbocycles. The van der Waals surface area contributed by atoms with E-state index in [1.54, 1.807) is 31.3 Å². The molecule has 0 N–H and O–H groups in total. The molecule has 12 heteroatoms. The van der Waals surface area contributed by atoms with Crippen molar-refractivity contribution in [1.29, 1.82) is 0 Å². The summed E-state index contributed by atoms with van der Waals surface area (Å²) in [6.07, 6.45) is 0.133. The van der Waals surface area contributed by atoms with Gasteiger partial charge in [0.05, 0.1) is 24.1 Å². The number of amides is 2. The first-order valence-electron chi connectivity index (χ1n) is 13.5. The van der Waals surface area contributed by atoms with E-state index in [9.17, 15) is 27.6 Å².